The Morgan fingerprint density at radius 3 is 2.00 bits per heavy atom. The van der Waals surface area contributed by atoms with Gasteiger partial charge in [-0.05, 0) is 30.6 Å². The van der Waals surface area contributed by atoms with Crippen LogP contribution in [0.4, 0.5) is 0 Å². The molecule has 1 atom stereocenters. The number of benzene rings is 1. The van der Waals surface area contributed by atoms with E-state index in [-0.39, 0.29) is 6.10 Å². The average Bonchev–Trinajstić information content (AvgIpc) is 2.41. The summed E-state index contributed by atoms with van der Waals surface area (Å²) in [7, 11) is -1.64. The van der Waals surface area contributed by atoms with Gasteiger partial charge in [-0.1, -0.05) is 51.1 Å². The summed E-state index contributed by atoms with van der Waals surface area (Å²) in [6.45, 7) is 8.65. The van der Waals surface area contributed by atoms with Gasteiger partial charge in [0.15, 0.2) is 0 Å². The normalized spacial score (nSPS) is 13.6. The zero-order valence-corrected chi connectivity index (χ0v) is 12.4. The fourth-order valence-corrected chi connectivity index (χ4v) is 4.08. The minimum Gasteiger partial charge on any atom is -0.286 e. The standard InChI is InChI=1S/C14H24O2Si/c1-5-17(6-2,7-3)16-15-13(4)14-11-9-8-10-12-14/h8-13H,5-7H2,1-4H3. The third-order valence-corrected chi connectivity index (χ3v) is 7.89. The highest BCUT2D eigenvalue weighted by Gasteiger charge is 2.31. The van der Waals surface area contributed by atoms with Crippen LogP contribution in [0.1, 0.15) is 39.4 Å². The van der Waals surface area contributed by atoms with E-state index in [1.807, 2.05) is 25.1 Å². The van der Waals surface area contributed by atoms with Gasteiger partial charge in [0.2, 0.25) is 8.32 Å². The highest BCUT2D eigenvalue weighted by atomic mass is 28.4. The molecule has 0 spiro atoms. The van der Waals surface area contributed by atoms with Crippen LogP contribution in [-0.2, 0) is 9.46 Å². The van der Waals surface area contributed by atoms with E-state index in [1.54, 1.807) is 0 Å². The quantitative estimate of drug-likeness (QED) is 0.398. The van der Waals surface area contributed by atoms with Gasteiger partial charge in [0, 0.05) is 0 Å². The number of hydrogen-bond acceptors (Lipinski definition) is 2. The molecule has 1 unspecified atom stereocenters. The lowest BCUT2D eigenvalue weighted by atomic mass is 10.1. The minimum atomic E-state index is -1.64. The van der Waals surface area contributed by atoms with Gasteiger partial charge < -0.3 is 0 Å². The first kappa shape index (κ1) is 14.4. The lowest BCUT2D eigenvalue weighted by Crippen LogP contribution is -2.36. The largest absolute Gasteiger partial charge is 0.286 e. The van der Waals surface area contributed by atoms with Crippen LogP contribution in [0.25, 0.3) is 0 Å². The summed E-state index contributed by atoms with van der Waals surface area (Å²) in [5.74, 6) is 0. The van der Waals surface area contributed by atoms with Crippen molar-refractivity contribution in [2.75, 3.05) is 0 Å². The summed E-state index contributed by atoms with van der Waals surface area (Å²) < 4.78 is 5.83. The first-order valence-corrected chi connectivity index (χ1v) is 9.09. The van der Waals surface area contributed by atoms with Crippen molar-refractivity contribution >= 4 is 8.32 Å². The van der Waals surface area contributed by atoms with E-state index in [0.717, 1.165) is 18.1 Å². The molecule has 0 aliphatic carbocycles. The maximum atomic E-state index is 5.83. The third-order valence-electron chi connectivity index (χ3n) is 3.57. The van der Waals surface area contributed by atoms with E-state index in [9.17, 15) is 0 Å². The Morgan fingerprint density at radius 1 is 1.00 bits per heavy atom. The monoisotopic (exact) mass is 252 g/mol. The average molecular weight is 252 g/mol. The lowest BCUT2D eigenvalue weighted by Gasteiger charge is -2.27. The Kier molecular flexibility index (Phi) is 5.89. The molecule has 0 aliphatic heterocycles. The molecule has 0 aliphatic rings. The molecule has 1 aromatic carbocycles. The topological polar surface area (TPSA) is 18.5 Å². The first-order chi connectivity index (χ1) is 8.17. The second-order valence-corrected chi connectivity index (χ2v) is 9.13. The molecule has 1 rings (SSSR count). The van der Waals surface area contributed by atoms with Gasteiger partial charge in [-0.25, -0.2) is 4.89 Å². The van der Waals surface area contributed by atoms with E-state index in [1.165, 1.54) is 5.56 Å². The van der Waals surface area contributed by atoms with Crippen LogP contribution in [-0.4, -0.2) is 8.32 Å². The Labute approximate surface area is 106 Å². The van der Waals surface area contributed by atoms with Gasteiger partial charge >= 0.3 is 0 Å². The van der Waals surface area contributed by atoms with Crippen LogP contribution in [0.5, 0.6) is 0 Å². The van der Waals surface area contributed by atoms with E-state index in [2.05, 4.69) is 32.9 Å². The highest BCUT2D eigenvalue weighted by Crippen LogP contribution is 2.25. The molecule has 0 saturated carbocycles. The summed E-state index contributed by atoms with van der Waals surface area (Å²) in [6, 6.07) is 13.5. The molecule has 0 fully saturated rings. The van der Waals surface area contributed by atoms with Crippen molar-refractivity contribution in [1.82, 2.24) is 0 Å². The van der Waals surface area contributed by atoms with Gasteiger partial charge in [-0.15, -0.1) is 0 Å². The molecule has 0 saturated heterocycles. The molecular formula is C14H24O2Si. The molecule has 0 N–H and O–H groups in total. The molecule has 0 amide bonds. The van der Waals surface area contributed by atoms with E-state index in [0.29, 0.717) is 0 Å². The fourth-order valence-electron chi connectivity index (χ4n) is 1.88. The molecule has 0 bridgehead atoms. The molecule has 1 aromatic rings. The molecule has 0 radical (unpaired) electrons. The second-order valence-electron chi connectivity index (χ2n) is 4.48. The van der Waals surface area contributed by atoms with Crippen molar-refractivity contribution in [3.8, 4) is 0 Å². The van der Waals surface area contributed by atoms with Crippen LogP contribution in [0.15, 0.2) is 30.3 Å². The smallest absolute Gasteiger partial charge is 0.238 e. The van der Waals surface area contributed by atoms with Crippen molar-refractivity contribution < 1.29 is 9.46 Å². The van der Waals surface area contributed by atoms with Gasteiger partial charge in [0.25, 0.3) is 0 Å². The number of hydrogen-bond donors (Lipinski definition) is 0. The molecule has 0 aromatic heterocycles. The molecule has 3 heteroatoms. The van der Waals surface area contributed by atoms with Crippen LogP contribution in [0, 0.1) is 0 Å². The molecule has 96 valence electrons. The van der Waals surface area contributed by atoms with Crippen molar-refractivity contribution in [2.24, 2.45) is 0 Å². The Hall–Kier alpha value is -0.643. The Morgan fingerprint density at radius 2 is 1.53 bits per heavy atom. The maximum Gasteiger partial charge on any atom is 0.238 e. The Balaban J connectivity index is 2.55. The lowest BCUT2D eigenvalue weighted by molar-refractivity contribution is -0.255. The summed E-state index contributed by atoms with van der Waals surface area (Å²) >= 11 is 0. The van der Waals surface area contributed by atoms with Crippen LogP contribution >= 0.6 is 0 Å². The summed E-state index contributed by atoms with van der Waals surface area (Å²) in [4.78, 5) is 5.63. The maximum absolute atomic E-state index is 5.83. The van der Waals surface area contributed by atoms with Crippen molar-refractivity contribution in [1.29, 1.82) is 0 Å². The Bertz CT molecular complexity index is 301. The zero-order chi connectivity index (χ0) is 12.7. The van der Waals surface area contributed by atoms with Crippen molar-refractivity contribution in [3.63, 3.8) is 0 Å². The number of rotatable bonds is 7. The van der Waals surface area contributed by atoms with Gasteiger partial charge in [-0.2, -0.15) is 0 Å². The summed E-state index contributed by atoms with van der Waals surface area (Å²) in [5.41, 5.74) is 1.17. The molecular weight excluding hydrogens is 228 g/mol. The van der Waals surface area contributed by atoms with Crippen LogP contribution in [0.3, 0.4) is 0 Å². The van der Waals surface area contributed by atoms with E-state index >= 15 is 0 Å². The zero-order valence-electron chi connectivity index (χ0n) is 11.4. The highest BCUT2D eigenvalue weighted by molar-refractivity contribution is 6.73. The van der Waals surface area contributed by atoms with Crippen molar-refractivity contribution in [3.05, 3.63) is 35.9 Å². The summed E-state index contributed by atoms with van der Waals surface area (Å²) in [6.07, 6.45) is 0.00715. The summed E-state index contributed by atoms with van der Waals surface area (Å²) in [5, 5.41) is 0. The third kappa shape index (κ3) is 3.94. The molecule has 2 nitrogen and oxygen atoms in total. The van der Waals surface area contributed by atoms with Crippen LogP contribution in [0.2, 0.25) is 18.1 Å². The molecule has 0 heterocycles. The SMILES string of the molecule is CC[Si](CC)(CC)OOC(C)c1ccccc1. The predicted molar refractivity (Wildman–Crippen MR) is 74.2 cm³/mol. The van der Waals surface area contributed by atoms with Gasteiger partial charge in [-0.3, -0.25) is 4.58 Å². The first-order valence-electron chi connectivity index (χ1n) is 6.57. The molecule has 17 heavy (non-hydrogen) atoms. The van der Waals surface area contributed by atoms with Crippen LogP contribution < -0.4 is 0 Å². The predicted octanol–water partition coefficient (Wildman–Crippen LogP) is 4.70. The van der Waals surface area contributed by atoms with Crippen molar-refractivity contribution in [2.45, 2.75) is 51.9 Å². The fraction of sp³-hybridized carbons (Fsp3) is 0.571. The minimum absolute atomic E-state index is 0.00715. The van der Waals surface area contributed by atoms with Gasteiger partial charge in [0.05, 0.1) is 0 Å². The van der Waals surface area contributed by atoms with E-state index in [4.69, 9.17) is 9.46 Å². The van der Waals surface area contributed by atoms with Gasteiger partial charge in [0.1, 0.15) is 6.10 Å². The van der Waals surface area contributed by atoms with E-state index < -0.39 is 8.32 Å². The second kappa shape index (κ2) is 6.94.